The van der Waals surface area contributed by atoms with Gasteiger partial charge in [0.1, 0.15) is 5.58 Å². The topological polar surface area (TPSA) is 59.8 Å². The first-order valence-corrected chi connectivity index (χ1v) is 11.0. The van der Waals surface area contributed by atoms with Gasteiger partial charge >= 0.3 is 0 Å². The maximum absolute atomic E-state index is 13.6. The van der Waals surface area contributed by atoms with Gasteiger partial charge in [0.2, 0.25) is 0 Å². The van der Waals surface area contributed by atoms with Gasteiger partial charge < -0.3 is 14.1 Å². The zero-order valence-corrected chi connectivity index (χ0v) is 18.0. The van der Waals surface area contributed by atoms with Crippen LogP contribution in [0, 0.1) is 6.92 Å². The number of amides is 1. The van der Waals surface area contributed by atoms with Crippen LogP contribution in [-0.4, -0.2) is 30.1 Å². The average Bonchev–Trinajstić information content (AvgIpc) is 3.31. The van der Waals surface area contributed by atoms with Gasteiger partial charge in [0.05, 0.1) is 11.5 Å². The predicted molar refractivity (Wildman–Crippen MR) is 125 cm³/mol. The van der Waals surface area contributed by atoms with E-state index < -0.39 is 0 Å². The number of rotatable bonds is 5. The molecule has 1 atom stereocenters. The van der Waals surface area contributed by atoms with Gasteiger partial charge in [-0.2, -0.15) is 0 Å². The van der Waals surface area contributed by atoms with Crippen LogP contribution in [0.15, 0.2) is 75.9 Å². The van der Waals surface area contributed by atoms with Gasteiger partial charge in [0.15, 0.2) is 11.2 Å². The Labute approximate surface area is 186 Å². The van der Waals surface area contributed by atoms with Gasteiger partial charge in [-0.3, -0.25) is 9.59 Å². The minimum Gasteiger partial charge on any atom is -0.451 e. The minimum atomic E-state index is -0.297. The molecule has 0 spiro atoms. The minimum absolute atomic E-state index is 0.0108. The molecule has 0 bridgehead atoms. The molecule has 4 aromatic rings. The van der Waals surface area contributed by atoms with E-state index in [0.29, 0.717) is 30.7 Å². The van der Waals surface area contributed by atoms with Crippen molar-refractivity contribution in [2.75, 3.05) is 13.2 Å². The summed E-state index contributed by atoms with van der Waals surface area (Å²) in [6, 6.07) is 21.0. The van der Waals surface area contributed by atoms with Crippen LogP contribution in [0.25, 0.3) is 21.7 Å². The molecule has 5 nitrogen and oxygen atoms in total. The number of carbonyl (C=O) groups excluding carboxylic acids is 1. The lowest BCUT2D eigenvalue weighted by atomic mass is 10.0. The van der Waals surface area contributed by atoms with Crippen molar-refractivity contribution in [3.05, 3.63) is 93.8 Å². The summed E-state index contributed by atoms with van der Waals surface area (Å²) in [7, 11) is 0. The van der Waals surface area contributed by atoms with Gasteiger partial charge in [0.25, 0.3) is 5.91 Å². The Hall–Kier alpha value is -3.44. The van der Waals surface area contributed by atoms with E-state index in [4.69, 9.17) is 9.15 Å². The average molecular weight is 428 g/mol. The first kappa shape index (κ1) is 20.5. The smallest absolute Gasteiger partial charge is 0.290 e. The Bertz CT molecular complexity index is 1350. The number of fused-ring (bicyclic) bond motifs is 2. The third-order valence-electron chi connectivity index (χ3n) is 6.07. The van der Waals surface area contributed by atoms with E-state index in [2.05, 4.69) is 18.2 Å². The second kappa shape index (κ2) is 8.60. The molecule has 1 saturated heterocycles. The molecule has 0 aliphatic carbocycles. The monoisotopic (exact) mass is 427 g/mol. The van der Waals surface area contributed by atoms with Gasteiger partial charge in [-0.15, -0.1) is 0 Å². The number of ether oxygens (including phenoxy) is 1. The Morgan fingerprint density at radius 1 is 1.03 bits per heavy atom. The number of hydrogen-bond donors (Lipinski definition) is 0. The maximum atomic E-state index is 13.6. The normalized spacial score (nSPS) is 16.0. The van der Waals surface area contributed by atoms with Crippen LogP contribution in [0.1, 0.15) is 34.5 Å². The van der Waals surface area contributed by atoms with Crippen LogP contribution >= 0.6 is 0 Å². The van der Waals surface area contributed by atoms with Crippen LogP contribution in [0.2, 0.25) is 0 Å². The van der Waals surface area contributed by atoms with E-state index in [9.17, 15) is 9.59 Å². The third kappa shape index (κ3) is 4.04. The van der Waals surface area contributed by atoms with Gasteiger partial charge in [0, 0.05) is 25.8 Å². The van der Waals surface area contributed by atoms with Crippen molar-refractivity contribution in [3.8, 4) is 0 Å². The molecule has 32 heavy (non-hydrogen) atoms. The Morgan fingerprint density at radius 2 is 1.88 bits per heavy atom. The van der Waals surface area contributed by atoms with E-state index in [1.807, 2.05) is 37.3 Å². The Kier molecular flexibility index (Phi) is 5.50. The molecule has 5 heteroatoms. The fraction of sp³-hybridized carbons (Fsp3) is 0.259. The highest BCUT2D eigenvalue weighted by atomic mass is 16.5. The lowest BCUT2D eigenvalue weighted by Crippen LogP contribution is -2.37. The molecule has 1 fully saturated rings. The second-order valence-electron chi connectivity index (χ2n) is 8.43. The van der Waals surface area contributed by atoms with Crippen molar-refractivity contribution < 1.29 is 13.9 Å². The first-order chi connectivity index (χ1) is 15.6. The summed E-state index contributed by atoms with van der Waals surface area (Å²) in [4.78, 5) is 28.0. The van der Waals surface area contributed by atoms with Crippen molar-refractivity contribution in [3.63, 3.8) is 0 Å². The molecular weight excluding hydrogens is 402 g/mol. The van der Waals surface area contributed by atoms with Crippen molar-refractivity contribution in [1.82, 2.24) is 4.90 Å². The lowest BCUT2D eigenvalue weighted by Gasteiger charge is -2.26. The molecule has 162 valence electrons. The largest absolute Gasteiger partial charge is 0.451 e. The molecule has 1 amide bonds. The lowest BCUT2D eigenvalue weighted by molar-refractivity contribution is 0.0485. The molecule has 1 aromatic heterocycles. The van der Waals surface area contributed by atoms with Crippen LogP contribution < -0.4 is 5.43 Å². The van der Waals surface area contributed by atoms with Crippen molar-refractivity contribution in [2.45, 2.75) is 32.4 Å². The SMILES string of the molecule is Cc1ccc2c(=O)cc(C(=O)N(Cc3cccc4ccccc34)CC3CCCO3)oc2c1. The zero-order chi connectivity index (χ0) is 22.1. The molecule has 1 aliphatic heterocycles. The van der Waals surface area contributed by atoms with E-state index >= 15 is 0 Å². The highest BCUT2D eigenvalue weighted by Crippen LogP contribution is 2.23. The molecular formula is C27H25NO4. The van der Waals surface area contributed by atoms with Crippen LogP contribution in [0.5, 0.6) is 0 Å². The molecule has 0 saturated carbocycles. The molecule has 0 N–H and O–H groups in total. The summed E-state index contributed by atoms with van der Waals surface area (Å²) in [6.45, 7) is 3.51. The van der Waals surface area contributed by atoms with Crippen LogP contribution in [0.4, 0.5) is 0 Å². The van der Waals surface area contributed by atoms with Crippen molar-refractivity contribution >= 4 is 27.6 Å². The van der Waals surface area contributed by atoms with Gasteiger partial charge in [-0.05, 0) is 53.8 Å². The molecule has 1 unspecified atom stereocenters. The highest BCUT2D eigenvalue weighted by molar-refractivity contribution is 5.94. The summed E-state index contributed by atoms with van der Waals surface area (Å²) >= 11 is 0. The highest BCUT2D eigenvalue weighted by Gasteiger charge is 2.26. The molecule has 1 aliphatic rings. The fourth-order valence-electron chi connectivity index (χ4n) is 4.41. The van der Waals surface area contributed by atoms with Crippen molar-refractivity contribution in [1.29, 1.82) is 0 Å². The van der Waals surface area contributed by atoms with E-state index in [0.717, 1.165) is 34.7 Å². The molecule has 2 heterocycles. The summed E-state index contributed by atoms with van der Waals surface area (Å²) in [5, 5.41) is 2.71. The second-order valence-corrected chi connectivity index (χ2v) is 8.43. The fourth-order valence-corrected chi connectivity index (χ4v) is 4.41. The van der Waals surface area contributed by atoms with E-state index in [-0.39, 0.29) is 23.2 Å². The summed E-state index contributed by atoms with van der Waals surface area (Å²) in [5.74, 6) is -0.236. The van der Waals surface area contributed by atoms with Gasteiger partial charge in [-0.1, -0.05) is 48.5 Å². The molecule has 3 aromatic carbocycles. The first-order valence-electron chi connectivity index (χ1n) is 11.0. The number of carbonyl (C=O) groups is 1. The number of nitrogens with zero attached hydrogens (tertiary/aromatic N) is 1. The van der Waals surface area contributed by atoms with E-state index in [1.165, 1.54) is 6.07 Å². The summed E-state index contributed by atoms with van der Waals surface area (Å²) in [6.07, 6.45) is 1.90. The standard InChI is InChI=1S/C27H25NO4/c1-18-11-12-23-24(29)15-26(32-25(23)14-18)27(30)28(17-21-9-5-13-31-21)16-20-8-4-7-19-6-2-3-10-22(19)20/h2-4,6-8,10-12,14-15,21H,5,9,13,16-17H2,1H3. The number of hydrogen-bond acceptors (Lipinski definition) is 4. The zero-order valence-electron chi connectivity index (χ0n) is 18.0. The number of benzene rings is 3. The molecule has 5 rings (SSSR count). The summed E-state index contributed by atoms with van der Waals surface area (Å²) < 4.78 is 11.7. The Balaban J connectivity index is 1.53. The van der Waals surface area contributed by atoms with E-state index in [1.54, 1.807) is 17.0 Å². The maximum Gasteiger partial charge on any atom is 0.290 e. The Morgan fingerprint density at radius 3 is 2.72 bits per heavy atom. The van der Waals surface area contributed by atoms with Crippen molar-refractivity contribution in [2.24, 2.45) is 0 Å². The third-order valence-corrected chi connectivity index (χ3v) is 6.07. The van der Waals surface area contributed by atoms with Gasteiger partial charge in [-0.25, -0.2) is 0 Å². The predicted octanol–water partition coefficient (Wildman–Crippen LogP) is 5.08. The van der Waals surface area contributed by atoms with Crippen LogP contribution in [0.3, 0.4) is 0 Å². The molecule has 0 radical (unpaired) electrons. The quantitative estimate of drug-likeness (QED) is 0.446. The number of aryl methyl sites for hydroxylation is 1. The van der Waals surface area contributed by atoms with Crippen LogP contribution in [-0.2, 0) is 11.3 Å². The summed E-state index contributed by atoms with van der Waals surface area (Å²) in [5.41, 5.74) is 2.24.